The Morgan fingerprint density at radius 1 is 1.32 bits per heavy atom. The molecule has 0 amide bonds. The Morgan fingerprint density at radius 2 is 1.95 bits per heavy atom. The molecule has 2 N–H and O–H groups in total. The van der Waals surface area contributed by atoms with E-state index in [-0.39, 0.29) is 6.04 Å². The van der Waals surface area contributed by atoms with Crippen LogP contribution in [0.15, 0.2) is 0 Å². The Morgan fingerprint density at radius 3 is 2.47 bits per heavy atom. The van der Waals surface area contributed by atoms with Gasteiger partial charge >= 0.3 is 0 Å². The van der Waals surface area contributed by atoms with Crippen molar-refractivity contribution < 1.29 is 0 Å². The molecule has 1 heterocycles. The van der Waals surface area contributed by atoms with E-state index >= 15 is 0 Å². The molecule has 0 bridgehead atoms. The summed E-state index contributed by atoms with van der Waals surface area (Å²) >= 11 is 6.29. The standard InChI is InChI=1S/C15H26ClN3/c1-11-15(16)14(19(2)18-11)10-13(17)9-12-7-5-3-4-6-8-12/h12-13H,3-10,17H2,1-2H3. The average Bonchev–Trinajstić information content (AvgIpc) is 2.60. The van der Waals surface area contributed by atoms with Gasteiger partial charge in [0.25, 0.3) is 0 Å². The zero-order valence-electron chi connectivity index (χ0n) is 12.2. The third-order valence-corrected chi connectivity index (χ3v) is 4.82. The SMILES string of the molecule is Cc1nn(C)c(CC(N)CC2CCCCCC2)c1Cl. The fourth-order valence-corrected chi connectivity index (χ4v) is 3.50. The summed E-state index contributed by atoms with van der Waals surface area (Å²) in [6.07, 6.45) is 10.2. The van der Waals surface area contributed by atoms with Crippen molar-refractivity contribution in [3.63, 3.8) is 0 Å². The van der Waals surface area contributed by atoms with Crippen LogP contribution in [0, 0.1) is 12.8 Å². The zero-order chi connectivity index (χ0) is 13.8. The Kier molecular flexibility index (Phi) is 5.28. The van der Waals surface area contributed by atoms with Crippen LogP contribution >= 0.6 is 11.6 Å². The maximum atomic E-state index is 6.33. The van der Waals surface area contributed by atoms with Gasteiger partial charge in [0.15, 0.2) is 0 Å². The average molecular weight is 284 g/mol. The molecule has 1 aliphatic carbocycles. The van der Waals surface area contributed by atoms with Crippen LogP contribution in [0.2, 0.25) is 5.02 Å². The summed E-state index contributed by atoms with van der Waals surface area (Å²) in [5.74, 6) is 0.811. The largest absolute Gasteiger partial charge is 0.327 e. The van der Waals surface area contributed by atoms with Crippen LogP contribution in [0.5, 0.6) is 0 Å². The minimum Gasteiger partial charge on any atom is -0.327 e. The quantitative estimate of drug-likeness (QED) is 0.858. The molecule has 1 atom stereocenters. The van der Waals surface area contributed by atoms with Gasteiger partial charge in [-0.3, -0.25) is 4.68 Å². The highest BCUT2D eigenvalue weighted by molar-refractivity contribution is 6.31. The van der Waals surface area contributed by atoms with Gasteiger partial charge < -0.3 is 5.73 Å². The van der Waals surface area contributed by atoms with Crippen LogP contribution in [0.3, 0.4) is 0 Å². The first-order valence-electron chi connectivity index (χ1n) is 7.51. The van der Waals surface area contributed by atoms with E-state index in [1.165, 1.54) is 38.5 Å². The highest BCUT2D eigenvalue weighted by atomic mass is 35.5. The molecule has 1 aromatic heterocycles. The van der Waals surface area contributed by atoms with Gasteiger partial charge in [0.1, 0.15) is 0 Å². The number of halogens is 1. The molecule has 1 saturated carbocycles. The van der Waals surface area contributed by atoms with E-state index in [0.717, 1.165) is 35.2 Å². The lowest BCUT2D eigenvalue weighted by Crippen LogP contribution is -2.27. The predicted octanol–water partition coefficient (Wildman–Crippen LogP) is 3.61. The molecule has 0 aliphatic heterocycles. The molecular weight excluding hydrogens is 258 g/mol. The third-order valence-electron chi connectivity index (χ3n) is 4.33. The fraction of sp³-hybridized carbons (Fsp3) is 0.800. The summed E-state index contributed by atoms with van der Waals surface area (Å²) in [6.45, 7) is 1.95. The van der Waals surface area contributed by atoms with Gasteiger partial charge in [-0.25, -0.2) is 0 Å². The van der Waals surface area contributed by atoms with E-state index in [0.29, 0.717) is 0 Å². The smallest absolute Gasteiger partial charge is 0.0847 e. The minimum absolute atomic E-state index is 0.204. The van der Waals surface area contributed by atoms with Crippen molar-refractivity contribution in [1.29, 1.82) is 0 Å². The van der Waals surface area contributed by atoms with Gasteiger partial charge in [-0.05, 0) is 19.3 Å². The minimum atomic E-state index is 0.204. The Balaban J connectivity index is 1.91. The van der Waals surface area contributed by atoms with Crippen molar-refractivity contribution in [3.8, 4) is 0 Å². The second kappa shape index (κ2) is 6.76. The summed E-state index contributed by atoms with van der Waals surface area (Å²) in [5, 5.41) is 5.15. The van der Waals surface area contributed by atoms with Gasteiger partial charge in [-0.15, -0.1) is 0 Å². The van der Waals surface area contributed by atoms with Gasteiger partial charge in [0, 0.05) is 19.5 Å². The summed E-state index contributed by atoms with van der Waals surface area (Å²) in [6, 6.07) is 0.204. The van der Waals surface area contributed by atoms with Crippen LogP contribution in [-0.4, -0.2) is 15.8 Å². The maximum absolute atomic E-state index is 6.33. The molecule has 0 spiro atoms. The van der Waals surface area contributed by atoms with Gasteiger partial charge in [-0.1, -0.05) is 50.1 Å². The molecule has 108 valence electrons. The number of nitrogens with zero attached hydrogens (tertiary/aromatic N) is 2. The molecule has 4 heteroatoms. The van der Waals surface area contributed by atoms with Crippen LogP contribution in [-0.2, 0) is 13.5 Å². The summed E-state index contributed by atoms with van der Waals surface area (Å²) < 4.78 is 1.88. The first-order valence-corrected chi connectivity index (χ1v) is 7.89. The number of nitrogens with two attached hydrogens (primary N) is 1. The first kappa shape index (κ1) is 14.9. The lowest BCUT2D eigenvalue weighted by molar-refractivity contribution is 0.384. The molecule has 0 saturated heterocycles. The van der Waals surface area contributed by atoms with Gasteiger partial charge in [-0.2, -0.15) is 5.10 Å². The summed E-state index contributed by atoms with van der Waals surface area (Å²) in [5.41, 5.74) is 8.32. The van der Waals surface area contributed by atoms with Crippen molar-refractivity contribution >= 4 is 11.6 Å². The Bertz CT molecular complexity index is 406. The van der Waals surface area contributed by atoms with Gasteiger partial charge in [0.2, 0.25) is 0 Å². The summed E-state index contributed by atoms with van der Waals surface area (Å²) in [4.78, 5) is 0. The van der Waals surface area contributed by atoms with Crippen molar-refractivity contribution in [2.24, 2.45) is 18.7 Å². The van der Waals surface area contributed by atoms with Crippen LogP contribution in [0.4, 0.5) is 0 Å². The Hall–Kier alpha value is -0.540. The molecule has 1 fully saturated rings. The highest BCUT2D eigenvalue weighted by Gasteiger charge is 2.19. The molecule has 3 nitrogen and oxygen atoms in total. The Labute approximate surface area is 121 Å². The van der Waals surface area contributed by atoms with E-state index in [9.17, 15) is 0 Å². The molecule has 1 unspecified atom stereocenters. The second-order valence-electron chi connectivity index (χ2n) is 6.03. The monoisotopic (exact) mass is 283 g/mol. The van der Waals surface area contributed by atoms with Crippen molar-refractivity contribution in [2.75, 3.05) is 0 Å². The second-order valence-corrected chi connectivity index (χ2v) is 6.41. The number of hydrogen-bond donors (Lipinski definition) is 1. The first-order chi connectivity index (χ1) is 9.08. The summed E-state index contributed by atoms with van der Waals surface area (Å²) in [7, 11) is 1.95. The van der Waals surface area contributed by atoms with Crippen molar-refractivity contribution in [1.82, 2.24) is 9.78 Å². The lowest BCUT2D eigenvalue weighted by atomic mass is 9.91. The van der Waals surface area contributed by atoms with Crippen LogP contribution in [0.1, 0.15) is 56.3 Å². The van der Waals surface area contributed by atoms with E-state index in [1.54, 1.807) is 0 Å². The number of aromatic nitrogens is 2. The van der Waals surface area contributed by atoms with E-state index in [1.807, 2.05) is 18.7 Å². The normalized spacial score (nSPS) is 19.4. The van der Waals surface area contributed by atoms with Gasteiger partial charge in [0.05, 0.1) is 16.4 Å². The molecular formula is C15H26ClN3. The molecule has 19 heavy (non-hydrogen) atoms. The molecule has 2 rings (SSSR count). The lowest BCUT2D eigenvalue weighted by Gasteiger charge is -2.19. The third kappa shape index (κ3) is 3.96. The predicted molar refractivity (Wildman–Crippen MR) is 80.4 cm³/mol. The number of hydrogen-bond acceptors (Lipinski definition) is 2. The zero-order valence-corrected chi connectivity index (χ0v) is 12.9. The highest BCUT2D eigenvalue weighted by Crippen LogP contribution is 2.28. The van der Waals surface area contributed by atoms with E-state index < -0.39 is 0 Å². The fourth-order valence-electron chi connectivity index (χ4n) is 3.26. The molecule has 1 aliphatic rings. The van der Waals surface area contributed by atoms with E-state index in [4.69, 9.17) is 17.3 Å². The van der Waals surface area contributed by atoms with Crippen molar-refractivity contribution in [2.45, 2.75) is 64.3 Å². The number of aryl methyl sites for hydroxylation is 2. The van der Waals surface area contributed by atoms with Crippen molar-refractivity contribution in [3.05, 3.63) is 16.4 Å². The maximum Gasteiger partial charge on any atom is 0.0847 e. The number of rotatable bonds is 4. The topological polar surface area (TPSA) is 43.8 Å². The molecule has 1 aromatic rings. The van der Waals surface area contributed by atoms with Crippen LogP contribution in [0.25, 0.3) is 0 Å². The molecule has 0 aromatic carbocycles. The van der Waals surface area contributed by atoms with Crippen LogP contribution < -0.4 is 5.73 Å². The molecule has 0 radical (unpaired) electrons. The van der Waals surface area contributed by atoms with E-state index in [2.05, 4.69) is 5.10 Å².